The zero-order valence-corrected chi connectivity index (χ0v) is 15.9. The van der Waals surface area contributed by atoms with E-state index in [1.54, 1.807) is 22.0 Å². The highest BCUT2D eigenvalue weighted by Crippen LogP contribution is 2.28. The van der Waals surface area contributed by atoms with E-state index in [0.717, 1.165) is 5.69 Å². The summed E-state index contributed by atoms with van der Waals surface area (Å²) in [5.41, 5.74) is 0.816. The standard InChI is InChI=1S/C17H20Cl2N4O3/c1-11(24)22-6-7-26-13(10-22)9-17(25)20-16-4-5-23(21-16)12-2-3-14(18)15(19)8-12/h2-3,8,13H,4-7,9-10H2,1H3,(H,20,21,25). The summed E-state index contributed by atoms with van der Waals surface area (Å²) < 4.78 is 5.58. The number of nitrogens with one attached hydrogen (secondary N) is 1. The van der Waals surface area contributed by atoms with Crippen LogP contribution in [0.1, 0.15) is 19.8 Å². The average molecular weight is 399 g/mol. The van der Waals surface area contributed by atoms with Gasteiger partial charge in [0.2, 0.25) is 11.8 Å². The van der Waals surface area contributed by atoms with Crippen LogP contribution in [0.15, 0.2) is 23.3 Å². The predicted octanol–water partition coefficient (Wildman–Crippen LogP) is 2.27. The lowest BCUT2D eigenvalue weighted by Crippen LogP contribution is -2.46. The minimum absolute atomic E-state index is 0.00357. The first-order valence-corrected chi connectivity index (χ1v) is 9.15. The molecule has 7 nitrogen and oxygen atoms in total. The molecule has 3 rings (SSSR count). The Morgan fingerprint density at radius 2 is 2.12 bits per heavy atom. The second-order valence-electron chi connectivity index (χ2n) is 6.23. The molecule has 0 radical (unpaired) electrons. The number of morpholine rings is 1. The maximum absolute atomic E-state index is 12.3. The van der Waals surface area contributed by atoms with E-state index in [1.165, 1.54) is 6.92 Å². The van der Waals surface area contributed by atoms with E-state index < -0.39 is 0 Å². The number of hydrazone groups is 1. The molecule has 0 aliphatic carbocycles. The number of ether oxygens (including phenoxy) is 1. The van der Waals surface area contributed by atoms with Crippen LogP contribution in [-0.2, 0) is 14.3 Å². The van der Waals surface area contributed by atoms with E-state index in [9.17, 15) is 9.59 Å². The van der Waals surface area contributed by atoms with Gasteiger partial charge in [-0.05, 0) is 18.2 Å². The number of anilines is 1. The van der Waals surface area contributed by atoms with Gasteiger partial charge < -0.3 is 15.0 Å². The number of halogens is 2. The zero-order valence-electron chi connectivity index (χ0n) is 14.4. The molecule has 9 heteroatoms. The topological polar surface area (TPSA) is 74.2 Å². The summed E-state index contributed by atoms with van der Waals surface area (Å²) >= 11 is 12.0. The van der Waals surface area contributed by atoms with Crippen molar-refractivity contribution in [3.05, 3.63) is 28.2 Å². The lowest BCUT2D eigenvalue weighted by molar-refractivity contribution is -0.139. The highest BCUT2D eigenvalue weighted by Gasteiger charge is 2.25. The van der Waals surface area contributed by atoms with Gasteiger partial charge in [-0.25, -0.2) is 0 Å². The van der Waals surface area contributed by atoms with Gasteiger partial charge in [-0.1, -0.05) is 23.2 Å². The quantitative estimate of drug-likeness (QED) is 0.847. The van der Waals surface area contributed by atoms with Crippen molar-refractivity contribution in [1.82, 2.24) is 10.2 Å². The molecule has 0 spiro atoms. The fraction of sp³-hybridized carbons (Fsp3) is 0.471. The molecule has 0 bridgehead atoms. The highest BCUT2D eigenvalue weighted by atomic mass is 35.5. The molecule has 1 atom stereocenters. The van der Waals surface area contributed by atoms with Crippen molar-refractivity contribution in [2.75, 3.05) is 31.3 Å². The molecule has 0 aromatic heterocycles. The SMILES string of the molecule is CC(=O)N1CCOC(CC(=O)NC2=NN(c3ccc(Cl)c(Cl)c3)CC2)C1. The number of amides is 2. The minimum Gasteiger partial charge on any atom is -0.374 e. The van der Waals surface area contributed by atoms with Crippen LogP contribution in [0.25, 0.3) is 0 Å². The number of carbonyl (C=O) groups is 2. The lowest BCUT2D eigenvalue weighted by Gasteiger charge is -2.31. The summed E-state index contributed by atoms with van der Waals surface area (Å²) in [6.07, 6.45) is 0.521. The summed E-state index contributed by atoms with van der Waals surface area (Å²) in [5.74, 6) is 0.423. The van der Waals surface area contributed by atoms with Crippen molar-refractivity contribution in [3.63, 3.8) is 0 Å². The Morgan fingerprint density at radius 3 is 2.85 bits per heavy atom. The van der Waals surface area contributed by atoms with Gasteiger partial charge in [0.1, 0.15) is 5.84 Å². The van der Waals surface area contributed by atoms with Gasteiger partial charge in [0.15, 0.2) is 0 Å². The van der Waals surface area contributed by atoms with Crippen LogP contribution < -0.4 is 10.3 Å². The monoisotopic (exact) mass is 398 g/mol. The molecule has 2 heterocycles. The smallest absolute Gasteiger partial charge is 0.228 e. The maximum atomic E-state index is 12.3. The Bertz CT molecular complexity index is 741. The van der Waals surface area contributed by atoms with Crippen molar-refractivity contribution in [3.8, 4) is 0 Å². The molecule has 1 unspecified atom stereocenters. The van der Waals surface area contributed by atoms with Gasteiger partial charge >= 0.3 is 0 Å². The first kappa shape index (κ1) is 18.9. The van der Waals surface area contributed by atoms with E-state index in [4.69, 9.17) is 27.9 Å². The number of hydrogen-bond acceptors (Lipinski definition) is 5. The number of rotatable bonds is 3. The highest BCUT2D eigenvalue weighted by molar-refractivity contribution is 6.42. The van der Waals surface area contributed by atoms with Gasteiger partial charge in [0.05, 0.1) is 34.9 Å². The Kier molecular flexibility index (Phi) is 6.01. The molecule has 1 fully saturated rings. The number of carbonyl (C=O) groups excluding carboxylic acids is 2. The molecular weight excluding hydrogens is 379 g/mol. The number of hydrogen-bond donors (Lipinski definition) is 1. The predicted molar refractivity (Wildman–Crippen MR) is 101 cm³/mol. The Hall–Kier alpha value is -1.83. The molecule has 1 saturated heterocycles. The van der Waals surface area contributed by atoms with Crippen LogP contribution in [0, 0.1) is 0 Å². The molecule has 0 saturated carbocycles. The van der Waals surface area contributed by atoms with E-state index in [1.807, 2.05) is 6.07 Å². The fourth-order valence-electron chi connectivity index (χ4n) is 2.93. The fourth-order valence-corrected chi connectivity index (χ4v) is 3.22. The Balaban J connectivity index is 1.54. The van der Waals surface area contributed by atoms with Crippen molar-refractivity contribution >= 4 is 46.5 Å². The first-order valence-electron chi connectivity index (χ1n) is 8.39. The van der Waals surface area contributed by atoms with Crippen molar-refractivity contribution in [2.45, 2.75) is 25.9 Å². The molecule has 26 heavy (non-hydrogen) atoms. The molecule has 1 N–H and O–H groups in total. The van der Waals surface area contributed by atoms with E-state index in [0.29, 0.717) is 48.5 Å². The van der Waals surface area contributed by atoms with E-state index >= 15 is 0 Å². The molecule has 1 aromatic carbocycles. The summed E-state index contributed by atoms with van der Waals surface area (Å²) in [4.78, 5) is 25.4. The van der Waals surface area contributed by atoms with Crippen LogP contribution in [-0.4, -0.2) is 54.9 Å². The van der Waals surface area contributed by atoms with Crippen LogP contribution in [0.4, 0.5) is 5.69 Å². The summed E-state index contributed by atoms with van der Waals surface area (Å²) in [5, 5.41) is 9.95. The van der Waals surface area contributed by atoms with Crippen molar-refractivity contribution in [1.29, 1.82) is 0 Å². The molecule has 140 valence electrons. The minimum atomic E-state index is -0.291. The Morgan fingerprint density at radius 1 is 1.31 bits per heavy atom. The second kappa shape index (κ2) is 8.24. The van der Waals surface area contributed by atoms with Gasteiger partial charge in [-0.3, -0.25) is 14.6 Å². The first-order chi connectivity index (χ1) is 12.4. The molecule has 2 amide bonds. The molecular formula is C17H20Cl2N4O3. The van der Waals surface area contributed by atoms with E-state index in [-0.39, 0.29) is 24.3 Å². The summed E-state index contributed by atoms with van der Waals surface area (Å²) in [6.45, 7) is 3.62. The van der Waals surface area contributed by atoms with Gasteiger partial charge in [0, 0.05) is 33.0 Å². The third-order valence-electron chi connectivity index (χ3n) is 4.28. The van der Waals surface area contributed by atoms with Crippen LogP contribution in [0.2, 0.25) is 10.0 Å². The van der Waals surface area contributed by atoms with Crippen LogP contribution in [0.5, 0.6) is 0 Å². The average Bonchev–Trinajstić information content (AvgIpc) is 3.05. The van der Waals surface area contributed by atoms with Gasteiger partial charge in [-0.2, -0.15) is 5.10 Å². The Labute approximate surface area is 161 Å². The third-order valence-corrected chi connectivity index (χ3v) is 5.02. The summed E-state index contributed by atoms with van der Waals surface area (Å²) in [6, 6.07) is 5.28. The molecule has 2 aliphatic rings. The third kappa shape index (κ3) is 4.66. The van der Waals surface area contributed by atoms with Crippen molar-refractivity contribution < 1.29 is 14.3 Å². The zero-order chi connectivity index (χ0) is 18.7. The largest absolute Gasteiger partial charge is 0.374 e. The lowest BCUT2D eigenvalue weighted by atomic mass is 10.2. The van der Waals surface area contributed by atoms with E-state index in [2.05, 4.69) is 10.4 Å². The van der Waals surface area contributed by atoms with Gasteiger partial charge in [0.25, 0.3) is 0 Å². The van der Waals surface area contributed by atoms with Crippen molar-refractivity contribution in [2.24, 2.45) is 5.10 Å². The molecule has 2 aliphatic heterocycles. The number of nitrogens with zero attached hydrogens (tertiary/aromatic N) is 3. The second-order valence-corrected chi connectivity index (χ2v) is 7.04. The normalized spacial score (nSPS) is 20.1. The molecule has 1 aromatic rings. The van der Waals surface area contributed by atoms with Crippen LogP contribution in [0.3, 0.4) is 0 Å². The number of amidine groups is 1. The van der Waals surface area contributed by atoms with Crippen LogP contribution >= 0.6 is 23.2 Å². The maximum Gasteiger partial charge on any atom is 0.228 e. The summed E-state index contributed by atoms with van der Waals surface area (Å²) in [7, 11) is 0. The number of benzene rings is 1. The van der Waals surface area contributed by atoms with Gasteiger partial charge in [-0.15, -0.1) is 0 Å².